The lowest BCUT2D eigenvalue weighted by Gasteiger charge is -2.17. The highest BCUT2D eigenvalue weighted by atomic mass is 32.1. The zero-order valence-corrected chi connectivity index (χ0v) is 26.7. The molecule has 3 heterocycles. The maximum atomic E-state index is 6.34. The fourth-order valence-corrected chi connectivity index (χ4v) is 10.4. The summed E-state index contributed by atoms with van der Waals surface area (Å²) in [5.41, 5.74) is 6.80. The lowest BCUT2D eigenvalue weighted by molar-refractivity contribution is 0.669. The number of para-hydroxylation sites is 1. The van der Waals surface area contributed by atoms with Crippen LogP contribution in [0.15, 0.2) is 150 Å². The van der Waals surface area contributed by atoms with E-state index >= 15 is 0 Å². The minimum Gasteiger partial charge on any atom is -0.456 e. The van der Waals surface area contributed by atoms with E-state index < -0.39 is 0 Å². The highest BCUT2D eigenvalue weighted by molar-refractivity contribution is 7.33. The number of hydrogen-bond acceptors (Lipinski definition) is 3. The molecule has 11 rings (SSSR count). The van der Waals surface area contributed by atoms with Gasteiger partial charge >= 0.3 is 0 Å². The Morgan fingerprint density at radius 2 is 0.766 bits per heavy atom. The van der Waals surface area contributed by atoms with Crippen molar-refractivity contribution in [3.8, 4) is 22.3 Å². The highest BCUT2D eigenvalue weighted by Gasteiger charge is 2.19. The van der Waals surface area contributed by atoms with Crippen molar-refractivity contribution >= 4 is 107 Å². The Morgan fingerprint density at radius 3 is 1.43 bits per heavy atom. The highest BCUT2D eigenvalue weighted by Crippen LogP contribution is 2.48. The van der Waals surface area contributed by atoms with Crippen LogP contribution in [0.5, 0.6) is 0 Å². The number of benzene rings is 8. The zero-order chi connectivity index (χ0) is 30.6. The molecule has 0 amide bonds. The SMILES string of the molecule is c1ccc2c(c1)oc1cc(-c3c4ccccc4c(-c4ccc5c(c4)sc4c5ccc5c6ccccc6sc54)c4ccccc34)ccc12. The summed E-state index contributed by atoms with van der Waals surface area (Å²) in [7, 11) is 0. The predicted octanol–water partition coefficient (Wildman–Crippen LogP) is 14.0. The molecule has 3 heteroatoms. The van der Waals surface area contributed by atoms with Crippen LogP contribution in [0.4, 0.5) is 0 Å². The topological polar surface area (TPSA) is 13.1 Å². The van der Waals surface area contributed by atoms with Gasteiger partial charge in [0.1, 0.15) is 11.2 Å². The van der Waals surface area contributed by atoms with E-state index in [4.69, 9.17) is 4.42 Å². The van der Waals surface area contributed by atoms with E-state index in [1.54, 1.807) is 0 Å². The number of fused-ring (bicyclic) bond motifs is 12. The Balaban J connectivity index is 1.17. The van der Waals surface area contributed by atoms with Crippen LogP contribution in [-0.2, 0) is 0 Å². The first-order valence-corrected chi connectivity index (χ1v) is 17.6. The van der Waals surface area contributed by atoms with E-state index in [2.05, 4.69) is 133 Å². The van der Waals surface area contributed by atoms with Gasteiger partial charge in [-0.1, -0.05) is 115 Å². The summed E-state index contributed by atoms with van der Waals surface area (Å²) in [4.78, 5) is 0. The van der Waals surface area contributed by atoms with Gasteiger partial charge in [-0.25, -0.2) is 0 Å². The Labute approximate surface area is 277 Å². The molecule has 3 aromatic heterocycles. The van der Waals surface area contributed by atoms with Crippen molar-refractivity contribution < 1.29 is 4.42 Å². The smallest absolute Gasteiger partial charge is 0.136 e. The molecule has 0 bridgehead atoms. The minimum absolute atomic E-state index is 0.920. The van der Waals surface area contributed by atoms with Gasteiger partial charge in [-0.2, -0.15) is 0 Å². The molecule has 0 fully saturated rings. The number of rotatable bonds is 2. The van der Waals surface area contributed by atoms with Gasteiger partial charge in [0.25, 0.3) is 0 Å². The maximum Gasteiger partial charge on any atom is 0.136 e. The first-order valence-electron chi connectivity index (χ1n) is 15.9. The average molecular weight is 633 g/mol. The van der Waals surface area contributed by atoms with Crippen LogP contribution in [0.25, 0.3) is 106 Å². The van der Waals surface area contributed by atoms with Crippen LogP contribution >= 0.6 is 22.7 Å². The third-order valence-electron chi connectivity index (χ3n) is 9.87. The van der Waals surface area contributed by atoms with Crippen molar-refractivity contribution in [2.24, 2.45) is 0 Å². The Bertz CT molecular complexity index is 3020. The van der Waals surface area contributed by atoms with E-state index in [0.717, 1.165) is 21.9 Å². The Hall–Kier alpha value is -5.48. The van der Waals surface area contributed by atoms with Crippen LogP contribution in [-0.4, -0.2) is 0 Å². The molecule has 1 nitrogen and oxygen atoms in total. The molecule has 0 aliphatic heterocycles. The zero-order valence-electron chi connectivity index (χ0n) is 25.1. The quantitative estimate of drug-likeness (QED) is 0.173. The second-order valence-electron chi connectivity index (χ2n) is 12.4. The molecule has 0 radical (unpaired) electrons. The minimum atomic E-state index is 0.920. The molecule has 0 spiro atoms. The number of hydrogen-bond donors (Lipinski definition) is 0. The third-order valence-corrected chi connectivity index (χ3v) is 12.4. The van der Waals surface area contributed by atoms with E-state index in [0.29, 0.717) is 0 Å². The predicted molar refractivity (Wildman–Crippen MR) is 205 cm³/mol. The van der Waals surface area contributed by atoms with Gasteiger partial charge in [0.15, 0.2) is 0 Å². The van der Waals surface area contributed by atoms with Gasteiger partial charge in [0.2, 0.25) is 0 Å². The summed E-state index contributed by atoms with van der Waals surface area (Å²) in [5.74, 6) is 0. The average Bonchev–Trinajstić information content (AvgIpc) is 3.81. The van der Waals surface area contributed by atoms with Gasteiger partial charge in [-0.15, -0.1) is 22.7 Å². The molecule has 0 atom stereocenters. The lowest BCUT2D eigenvalue weighted by atomic mass is 9.86. The van der Waals surface area contributed by atoms with Crippen molar-refractivity contribution in [2.45, 2.75) is 0 Å². The molecule has 0 saturated carbocycles. The second kappa shape index (κ2) is 9.52. The van der Waals surface area contributed by atoms with E-state index in [-0.39, 0.29) is 0 Å². The van der Waals surface area contributed by atoms with Crippen LogP contribution in [0.2, 0.25) is 0 Å². The molecule has 8 aromatic carbocycles. The molecule has 0 N–H and O–H groups in total. The summed E-state index contributed by atoms with van der Waals surface area (Å²) in [6.07, 6.45) is 0. The van der Waals surface area contributed by atoms with Crippen LogP contribution in [0, 0.1) is 0 Å². The van der Waals surface area contributed by atoms with Gasteiger partial charge in [0, 0.05) is 41.7 Å². The molecule has 0 aliphatic rings. The number of furan rings is 1. The first kappa shape index (κ1) is 25.7. The molecule has 0 saturated heterocycles. The largest absolute Gasteiger partial charge is 0.456 e. The monoisotopic (exact) mass is 632 g/mol. The molecular formula is C44H24OS2. The van der Waals surface area contributed by atoms with E-state index in [1.807, 2.05) is 34.8 Å². The second-order valence-corrected chi connectivity index (χ2v) is 14.5. The van der Waals surface area contributed by atoms with E-state index in [1.165, 1.54) is 84.1 Å². The van der Waals surface area contributed by atoms with Gasteiger partial charge in [-0.05, 0) is 74.1 Å². The van der Waals surface area contributed by atoms with E-state index in [9.17, 15) is 0 Å². The van der Waals surface area contributed by atoms with Crippen molar-refractivity contribution in [2.75, 3.05) is 0 Å². The molecule has 47 heavy (non-hydrogen) atoms. The summed E-state index contributed by atoms with van der Waals surface area (Å²) in [6, 6.07) is 53.3. The molecule has 0 unspecified atom stereocenters. The normalized spacial score (nSPS) is 12.3. The number of thiophene rings is 2. The Morgan fingerprint density at radius 1 is 0.319 bits per heavy atom. The lowest BCUT2D eigenvalue weighted by Crippen LogP contribution is -1.90. The van der Waals surface area contributed by atoms with Gasteiger partial charge in [0.05, 0.1) is 9.40 Å². The standard InChI is InChI=1S/C44H24OS2/c1-3-13-33-31(11-1)41(25-17-19-28-27-9-5-7-15-37(27)45-38(28)23-25)32-12-2-4-14-34(32)42(33)26-18-20-30-36-22-21-35-29-10-6-8-16-39(29)46-43(35)44(36)47-40(30)24-26/h1-24H. The fourth-order valence-electron chi connectivity index (χ4n) is 7.80. The van der Waals surface area contributed by atoms with Crippen molar-refractivity contribution in [3.63, 3.8) is 0 Å². The molecule has 0 aliphatic carbocycles. The van der Waals surface area contributed by atoms with Crippen molar-refractivity contribution in [3.05, 3.63) is 146 Å². The van der Waals surface area contributed by atoms with Crippen molar-refractivity contribution in [1.29, 1.82) is 0 Å². The van der Waals surface area contributed by atoms with Crippen LogP contribution in [0.1, 0.15) is 0 Å². The summed E-state index contributed by atoms with van der Waals surface area (Å²) >= 11 is 3.84. The summed E-state index contributed by atoms with van der Waals surface area (Å²) < 4.78 is 11.8. The molecule has 218 valence electrons. The molecular weight excluding hydrogens is 609 g/mol. The third kappa shape index (κ3) is 3.58. The van der Waals surface area contributed by atoms with Crippen LogP contribution in [0.3, 0.4) is 0 Å². The molecule has 11 aromatic rings. The van der Waals surface area contributed by atoms with Crippen molar-refractivity contribution in [1.82, 2.24) is 0 Å². The first-order chi connectivity index (χ1) is 23.3. The fraction of sp³-hybridized carbons (Fsp3) is 0. The van der Waals surface area contributed by atoms with Gasteiger partial charge in [-0.3, -0.25) is 0 Å². The summed E-state index contributed by atoms with van der Waals surface area (Å²) in [5, 5.41) is 12.7. The maximum absolute atomic E-state index is 6.34. The van der Waals surface area contributed by atoms with Crippen LogP contribution < -0.4 is 0 Å². The summed E-state index contributed by atoms with van der Waals surface area (Å²) in [6.45, 7) is 0. The Kier molecular flexibility index (Phi) is 5.20. The van der Waals surface area contributed by atoms with Gasteiger partial charge < -0.3 is 4.42 Å².